The number of carbonyl (C=O) groups excluding carboxylic acids is 1. The Morgan fingerprint density at radius 1 is 1.00 bits per heavy atom. The van der Waals surface area contributed by atoms with E-state index in [-0.39, 0.29) is 5.91 Å². The minimum Gasteiger partial charge on any atom is -0.497 e. The van der Waals surface area contributed by atoms with Gasteiger partial charge in [0.25, 0.3) is 5.91 Å². The van der Waals surface area contributed by atoms with Crippen LogP contribution in [0.3, 0.4) is 0 Å². The number of ether oxygens (including phenoxy) is 1. The van der Waals surface area contributed by atoms with Crippen molar-refractivity contribution in [3.8, 4) is 5.75 Å². The van der Waals surface area contributed by atoms with Crippen LogP contribution in [0.25, 0.3) is 0 Å². The van der Waals surface area contributed by atoms with Crippen molar-refractivity contribution in [2.45, 2.75) is 6.54 Å². The highest BCUT2D eigenvalue weighted by Crippen LogP contribution is 2.23. The summed E-state index contributed by atoms with van der Waals surface area (Å²) in [5.74, 6) is 0.819. The zero-order chi connectivity index (χ0) is 17.8. The van der Waals surface area contributed by atoms with E-state index in [1.807, 2.05) is 47.4 Å². The summed E-state index contributed by atoms with van der Waals surface area (Å²) in [6, 6.07) is 13.0. The molecule has 1 aliphatic heterocycles. The van der Waals surface area contributed by atoms with Crippen molar-refractivity contribution in [2.24, 2.45) is 0 Å². The largest absolute Gasteiger partial charge is 0.497 e. The van der Waals surface area contributed by atoms with E-state index in [1.54, 1.807) is 7.11 Å². The van der Waals surface area contributed by atoms with E-state index in [1.165, 1.54) is 0 Å². The predicted molar refractivity (Wildman–Crippen MR) is 101 cm³/mol. The first-order valence-electron chi connectivity index (χ1n) is 8.16. The zero-order valence-corrected chi connectivity index (χ0v) is 15.6. The van der Waals surface area contributed by atoms with E-state index in [9.17, 15) is 4.79 Å². The van der Waals surface area contributed by atoms with Gasteiger partial charge < -0.3 is 9.64 Å². The fraction of sp³-hybridized carbons (Fsp3) is 0.316. The van der Waals surface area contributed by atoms with Crippen LogP contribution in [0, 0.1) is 0 Å². The number of carbonyl (C=O) groups is 1. The first kappa shape index (κ1) is 18.1. The fourth-order valence-corrected chi connectivity index (χ4v) is 3.24. The molecule has 25 heavy (non-hydrogen) atoms. The first-order valence-corrected chi connectivity index (χ1v) is 8.92. The van der Waals surface area contributed by atoms with Crippen molar-refractivity contribution in [3.05, 3.63) is 63.6 Å². The molecule has 1 saturated heterocycles. The lowest BCUT2D eigenvalue weighted by Crippen LogP contribution is -2.48. The molecule has 0 bridgehead atoms. The summed E-state index contributed by atoms with van der Waals surface area (Å²) < 4.78 is 5.13. The Labute approximate surface area is 157 Å². The van der Waals surface area contributed by atoms with Crippen molar-refractivity contribution in [1.29, 1.82) is 0 Å². The number of nitrogens with zero attached hydrogens (tertiary/aromatic N) is 2. The van der Waals surface area contributed by atoms with E-state index in [2.05, 4.69) is 4.90 Å². The Morgan fingerprint density at radius 2 is 1.68 bits per heavy atom. The molecular formula is C19H20Cl2N2O2. The summed E-state index contributed by atoms with van der Waals surface area (Å²) >= 11 is 12.0. The molecule has 6 heteroatoms. The van der Waals surface area contributed by atoms with E-state index in [4.69, 9.17) is 27.9 Å². The lowest BCUT2D eigenvalue weighted by atomic mass is 10.1. The maximum Gasteiger partial charge on any atom is 0.253 e. The molecule has 1 fully saturated rings. The summed E-state index contributed by atoms with van der Waals surface area (Å²) in [4.78, 5) is 16.8. The van der Waals surface area contributed by atoms with Crippen LogP contribution in [0.2, 0.25) is 10.0 Å². The summed E-state index contributed by atoms with van der Waals surface area (Å²) in [5, 5.41) is 1.15. The molecule has 0 atom stereocenters. The van der Waals surface area contributed by atoms with Crippen molar-refractivity contribution in [3.63, 3.8) is 0 Å². The third-order valence-electron chi connectivity index (χ3n) is 4.39. The Balaban J connectivity index is 1.55. The van der Waals surface area contributed by atoms with Gasteiger partial charge in [-0.1, -0.05) is 29.3 Å². The molecule has 3 rings (SSSR count). The number of methoxy groups -OCH3 is 1. The molecule has 2 aromatic carbocycles. The van der Waals surface area contributed by atoms with Gasteiger partial charge in [0.2, 0.25) is 0 Å². The molecule has 0 aromatic heterocycles. The van der Waals surface area contributed by atoms with Crippen LogP contribution >= 0.6 is 23.2 Å². The predicted octanol–water partition coefficient (Wildman–Crippen LogP) is 3.96. The van der Waals surface area contributed by atoms with Gasteiger partial charge in [-0.25, -0.2) is 0 Å². The third-order valence-corrected chi connectivity index (χ3v) is 5.13. The number of benzene rings is 2. The second-order valence-electron chi connectivity index (χ2n) is 6.05. The SMILES string of the molecule is COc1ccc(C(=O)N2CCN(Cc3ccc(Cl)c(Cl)c3)CC2)cc1. The fourth-order valence-electron chi connectivity index (χ4n) is 2.92. The molecule has 0 saturated carbocycles. The van der Waals surface area contributed by atoms with Crippen molar-refractivity contribution >= 4 is 29.1 Å². The lowest BCUT2D eigenvalue weighted by molar-refractivity contribution is 0.0628. The summed E-state index contributed by atoms with van der Waals surface area (Å²) in [6.45, 7) is 3.91. The van der Waals surface area contributed by atoms with E-state index >= 15 is 0 Å². The van der Waals surface area contributed by atoms with E-state index in [0.717, 1.165) is 30.9 Å². The summed E-state index contributed by atoms with van der Waals surface area (Å²) in [7, 11) is 1.61. The van der Waals surface area contributed by atoms with Crippen molar-refractivity contribution in [1.82, 2.24) is 9.80 Å². The highest BCUT2D eigenvalue weighted by Gasteiger charge is 2.22. The second kappa shape index (κ2) is 8.09. The minimum atomic E-state index is 0.0665. The molecule has 132 valence electrons. The molecule has 1 aliphatic rings. The molecule has 1 amide bonds. The molecule has 4 nitrogen and oxygen atoms in total. The topological polar surface area (TPSA) is 32.8 Å². The first-order chi connectivity index (χ1) is 12.1. The van der Waals surface area contributed by atoms with Crippen molar-refractivity contribution in [2.75, 3.05) is 33.3 Å². The Morgan fingerprint density at radius 3 is 2.28 bits per heavy atom. The molecule has 0 spiro atoms. The Kier molecular flexibility index (Phi) is 5.84. The van der Waals surface area contributed by atoms with Crippen LogP contribution in [-0.2, 0) is 6.54 Å². The number of rotatable bonds is 4. The van der Waals surface area contributed by atoms with Crippen LogP contribution in [-0.4, -0.2) is 49.0 Å². The summed E-state index contributed by atoms with van der Waals surface area (Å²) in [5.41, 5.74) is 1.82. The third kappa shape index (κ3) is 4.46. The highest BCUT2D eigenvalue weighted by molar-refractivity contribution is 6.42. The summed E-state index contributed by atoms with van der Waals surface area (Å²) in [6.07, 6.45) is 0. The zero-order valence-electron chi connectivity index (χ0n) is 14.0. The van der Waals surface area contributed by atoms with Crippen LogP contribution < -0.4 is 4.74 Å². The maximum absolute atomic E-state index is 12.6. The number of hydrogen-bond donors (Lipinski definition) is 0. The van der Waals surface area contributed by atoms with Gasteiger partial charge in [0, 0.05) is 38.3 Å². The van der Waals surface area contributed by atoms with Gasteiger partial charge in [0.05, 0.1) is 17.2 Å². The molecule has 0 radical (unpaired) electrons. The average Bonchev–Trinajstić information content (AvgIpc) is 2.65. The van der Waals surface area contributed by atoms with Gasteiger partial charge in [-0.3, -0.25) is 9.69 Å². The number of piperazine rings is 1. The quantitative estimate of drug-likeness (QED) is 0.806. The standard InChI is InChI=1S/C19H20Cl2N2O2/c1-25-16-5-3-15(4-6-16)19(24)23-10-8-22(9-11-23)13-14-2-7-17(20)18(21)12-14/h2-7,12H,8-11,13H2,1H3. The smallest absolute Gasteiger partial charge is 0.253 e. The van der Waals surface area contributed by atoms with Gasteiger partial charge in [-0.2, -0.15) is 0 Å². The van der Waals surface area contributed by atoms with E-state index in [0.29, 0.717) is 28.7 Å². The molecule has 2 aromatic rings. The monoisotopic (exact) mass is 378 g/mol. The molecule has 0 aliphatic carbocycles. The van der Waals surface area contributed by atoms with Gasteiger partial charge in [0.1, 0.15) is 5.75 Å². The second-order valence-corrected chi connectivity index (χ2v) is 6.86. The number of hydrogen-bond acceptors (Lipinski definition) is 3. The van der Waals surface area contributed by atoms with Crippen molar-refractivity contribution < 1.29 is 9.53 Å². The van der Waals surface area contributed by atoms with Gasteiger partial charge in [-0.05, 0) is 42.0 Å². The molecule has 0 N–H and O–H groups in total. The normalized spacial score (nSPS) is 15.2. The van der Waals surface area contributed by atoms with Gasteiger partial charge >= 0.3 is 0 Å². The van der Waals surface area contributed by atoms with Crippen LogP contribution in [0.4, 0.5) is 0 Å². The van der Waals surface area contributed by atoms with Crippen LogP contribution in [0.15, 0.2) is 42.5 Å². The van der Waals surface area contributed by atoms with Crippen LogP contribution in [0.1, 0.15) is 15.9 Å². The van der Waals surface area contributed by atoms with Gasteiger partial charge in [-0.15, -0.1) is 0 Å². The van der Waals surface area contributed by atoms with Gasteiger partial charge in [0.15, 0.2) is 0 Å². The Hall–Kier alpha value is -1.75. The highest BCUT2D eigenvalue weighted by atomic mass is 35.5. The lowest BCUT2D eigenvalue weighted by Gasteiger charge is -2.34. The van der Waals surface area contributed by atoms with E-state index < -0.39 is 0 Å². The molecule has 0 unspecified atom stereocenters. The average molecular weight is 379 g/mol. The Bertz CT molecular complexity index is 742. The number of halogens is 2. The van der Waals surface area contributed by atoms with Crippen LogP contribution in [0.5, 0.6) is 5.75 Å². The number of amides is 1. The molecule has 1 heterocycles. The minimum absolute atomic E-state index is 0.0665. The maximum atomic E-state index is 12.6. The molecular weight excluding hydrogens is 359 g/mol.